The Balaban J connectivity index is 1.12. The Morgan fingerprint density at radius 1 is 0.304 bits per heavy atom. The molecule has 0 radical (unpaired) electrons. The first-order valence-corrected chi connectivity index (χ1v) is 24.1. The summed E-state index contributed by atoms with van der Waals surface area (Å²) in [5, 5.41) is 6.87. The van der Waals surface area contributed by atoms with Crippen molar-refractivity contribution in [2.45, 2.75) is 52.4 Å². The number of rotatable bonds is 7. The smallest absolute Gasteiger partial charge is 0.136 e. The SMILES string of the molecule is CC(C)(C)c1cc(-c2cccc3cccc(-c4ccccc4N(c4ccccc4-c4ccc5c(c4)oc4ccccc45)c4ccccc4-c4ccc5c(c4)oc4ccccc45)c23)cc(C(C)(C)C)c1. The standard InChI is InChI=1S/C66H53NO2/c1-65(2,3)46-37-45(38-47(41-46)66(4,5)6)50-26-17-19-42-20-18-27-56(64(42)50)51-23-9-14-30-59(51)67(57-28-12-7-21-48(57)43-33-35-54-52-24-10-15-31-60(52)68-62(54)39-43)58-29-13-8-22-49(58)44-34-36-55-53-25-11-16-32-61(53)69-63(55)40-44/h7-41H,1-6H3. The summed E-state index contributed by atoms with van der Waals surface area (Å²) in [6.45, 7) is 13.9. The van der Waals surface area contributed by atoms with Crippen LogP contribution in [-0.4, -0.2) is 0 Å². The third-order valence-electron chi connectivity index (χ3n) is 14.0. The molecule has 3 heteroatoms. The molecule has 0 unspecified atom stereocenters. The Hall–Kier alpha value is -8.14. The molecule has 12 aromatic rings. The molecule has 2 heterocycles. The van der Waals surface area contributed by atoms with Gasteiger partial charge in [-0.2, -0.15) is 0 Å². The number of furan rings is 2. The van der Waals surface area contributed by atoms with Crippen LogP contribution in [0.5, 0.6) is 0 Å². The second-order valence-electron chi connectivity index (χ2n) is 20.5. The molecule has 2 aromatic heterocycles. The summed E-state index contributed by atoms with van der Waals surface area (Å²) >= 11 is 0. The van der Waals surface area contributed by atoms with E-state index in [1.807, 2.05) is 24.3 Å². The molecule has 0 spiro atoms. The van der Waals surface area contributed by atoms with Gasteiger partial charge in [-0.1, -0.05) is 199 Å². The number of benzene rings is 10. The minimum atomic E-state index is -0.0266. The summed E-state index contributed by atoms with van der Waals surface area (Å²) in [6, 6.07) is 77.2. The summed E-state index contributed by atoms with van der Waals surface area (Å²) in [7, 11) is 0. The molecule has 0 saturated heterocycles. The lowest BCUT2D eigenvalue weighted by molar-refractivity contribution is 0.569. The van der Waals surface area contributed by atoms with E-state index >= 15 is 0 Å². The predicted octanol–water partition coefficient (Wildman–Crippen LogP) is 19.4. The molecule has 0 N–H and O–H groups in total. The van der Waals surface area contributed by atoms with Crippen LogP contribution in [0.25, 0.3) is 99.2 Å². The van der Waals surface area contributed by atoms with Crippen LogP contribution >= 0.6 is 0 Å². The summed E-state index contributed by atoms with van der Waals surface area (Å²) < 4.78 is 13.0. The number of hydrogen-bond donors (Lipinski definition) is 0. The highest BCUT2D eigenvalue weighted by molar-refractivity contribution is 6.11. The number of nitrogens with zero attached hydrogens (tertiary/aromatic N) is 1. The summed E-state index contributed by atoms with van der Waals surface area (Å²) in [5.41, 5.74) is 18.3. The summed E-state index contributed by atoms with van der Waals surface area (Å²) in [5.74, 6) is 0. The minimum Gasteiger partial charge on any atom is -0.456 e. The highest BCUT2D eigenvalue weighted by atomic mass is 16.3. The van der Waals surface area contributed by atoms with Gasteiger partial charge in [-0.15, -0.1) is 0 Å². The lowest BCUT2D eigenvalue weighted by Crippen LogP contribution is -2.16. The van der Waals surface area contributed by atoms with Gasteiger partial charge in [-0.25, -0.2) is 0 Å². The van der Waals surface area contributed by atoms with E-state index in [1.165, 1.54) is 38.6 Å². The van der Waals surface area contributed by atoms with Crippen molar-refractivity contribution in [1.29, 1.82) is 0 Å². The fraction of sp³-hybridized carbons (Fsp3) is 0.121. The Morgan fingerprint density at radius 2 is 0.710 bits per heavy atom. The summed E-state index contributed by atoms with van der Waals surface area (Å²) in [6.07, 6.45) is 0. The fourth-order valence-electron chi connectivity index (χ4n) is 10.4. The van der Waals surface area contributed by atoms with Gasteiger partial charge in [0, 0.05) is 38.2 Å². The second kappa shape index (κ2) is 16.3. The van der Waals surface area contributed by atoms with Crippen LogP contribution in [0.3, 0.4) is 0 Å². The molecule has 69 heavy (non-hydrogen) atoms. The molecule has 0 aliphatic heterocycles. The Labute approximate surface area is 403 Å². The predicted molar refractivity (Wildman–Crippen MR) is 292 cm³/mol. The first-order chi connectivity index (χ1) is 33.5. The minimum absolute atomic E-state index is 0.0266. The zero-order chi connectivity index (χ0) is 47.0. The van der Waals surface area contributed by atoms with Gasteiger partial charge in [0.05, 0.1) is 17.1 Å². The van der Waals surface area contributed by atoms with Crippen LogP contribution in [0, 0.1) is 0 Å². The van der Waals surface area contributed by atoms with Crippen LogP contribution < -0.4 is 4.90 Å². The van der Waals surface area contributed by atoms with Crippen molar-refractivity contribution in [3.8, 4) is 44.5 Å². The molecule has 12 rings (SSSR count). The van der Waals surface area contributed by atoms with Crippen LogP contribution in [0.4, 0.5) is 17.1 Å². The third-order valence-corrected chi connectivity index (χ3v) is 14.0. The molecule has 3 nitrogen and oxygen atoms in total. The van der Waals surface area contributed by atoms with Crippen molar-refractivity contribution in [3.63, 3.8) is 0 Å². The van der Waals surface area contributed by atoms with Crippen LogP contribution in [0.2, 0.25) is 0 Å². The molecule has 0 saturated carbocycles. The maximum absolute atomic E-state index is 6.51. The lowest BCUT2D eigenvalue weighted by atomic mass is 9.78. The largest absolute Gasteiger partial charge is 0.456 e. The first-order valence-electron chi connectivity index (χ1n) is 24.1. The Kier molecular flexibility index (Phi) is 9.97. The maximum atomic E-state index is 6.51. The van der Waals surface area contributed by atoms with Crippen molar-refractivity contribution < 1.29 is 8.83 Å². The van der Waals surface area contributed by atoms with E-state index in [2.05, 4.69) is 234 Å². The number of hydrogen-bond acceptors (Lipinski definition) is 3. The van der Waals surface area contributed by atoms with Crippen LogP contribution in [-0.2, 0) is 10.8 Å². The Bertz CT molecular complexity index is 3750. The second-order valence-corrected chi connectivity index (χ2v) is 20.5. The van der Waals surface area contributed by atoms with Gasteiger partial charge in [0.2, 0.25) is 0 Å². The molecule has 0 aliphatic rings. The van der Waals surface area contributed by atoms with Crippen molar-refractivity contribution in [2.24, 2.45) is 0 Å². The zero-order valence-corrected chi connectivity index (χ0v) is 40.0. The van der Waals surface area contributed by atoms with Crippen molar-refractivity contribution in [1.82, 2.24) is 0 Å². The lowest BCUT2D eigenvalue weighted by Gasteiger charge is -2.32. The van der Waals surface area contributed by atoms with Crippen LogP contribution in [0.1, 0.15) is 52.7 Å². The van der Waals surface area contributed by atoms with Gasteiger partial charge in [0.1, 0.15) is 22.3 Å². The van der Waals surface area contributed by atoms with Gasteiger partial charge in [0.15, 0.2) is 0 Å². The maximum Gasteiger partial charge on any atom is 0.136 e. The van der Waals surface area contributed by atoms with Gasteiger partial charge in [-0.05, 0) is 115 Å². The molecule has 10 aromatic carbocycles. The highest BCUT2D eigenvalue weighted by Gasteiger charge is 2.26. The third kappa shape index (κ3) is 7.37. The highest BCUT2D eigenvalue weighted by Crippen LogP contribution is 2.50. The number of anilines is 3. The summed E-state index contributed by atoms with van der Waals surface area (Å²) in [4.78, 5) is 2.48. The Morgan fingerprint density at radius 3 is 1.22 bits per heavy atom. The van der Waals surface area contributed by atoms with E-state index < -0.39 is 0 Å². The van der Waals surface area contributed by atoms with Gasteiger partial charge < -0.3 is 13.7 Å². The average Bonchev–Trinajstić information content (AvgIpc) is 3.93. The van der Waals surface area contributed by atoms with Crippen molar-refractivity contribution in [2.75, 3.05) is 4.90 Å². The van der Waals surface area contributed by atoms with Crippen molar-refractivity contribution >= 4 is 71.7 Å². The fourth-order valence-corrected chi connectivity index (χ4v) is 10.4. The molecule has 0 bridgehead atoms. The van der Waals surface area contributed by atoms with Gasteiger partial charge in [-0.3, -0.25) is 0 Å². The van der Waals surface area contributed by atoms with E-state index in [9.17, 15) is 0 Å². The first kappa shape index (κ1) is 42.2. The van der Waals surface area contributed by atoms with Crippen molar-refractivity contribution in [3.05, 3.63) is 223 Å². The van der Waals surface area contributed by atoms with E-state index in [4.69, 9.17) is 8.83 Å². The quantitative estimate of drug-likeness (QED) is 0.160. The van der Waals surface area contributed by atoms with E-state index in [0.29, 0.717) is 0 Å². The normalized spacial score (nSPS) is 12.2. The van der Waals surface area contributed by atoms with E-state index in [0.717, 1.165) is 88.8 Å². The molecule has 0 aliphatic carbocycles. The molecule has 0 amide bonds. The molecular formula is C66H53NO2. The van der Waals surface area contributed by atoms with E-state index in [-0.39, 0.29) is 10.8 Å². The number of fused-ring (bicyclic) bond motifs is 7. The van der Waals surface area contributed by atoms with Gasteiger partial charge in [0.25, 0.3) is 0 Å². The van der Waals surface area contributed by atoms with E-state index in [1.54, 1.807) is 0 Å². The molecule has 0 fully saturated rings. The molecule has 334 valence electrons. The van der Waals surface area contributed by atoms with Crippen LogP contribution in [0.15, 0.2) is 221 Å². The average molecular weight is 892 g/mol. The molecular weight excluding hydrogens is 839 g/mol. The zero-order valence-electron chi connectivity index (χ0n) is 40.0. The monoisotopic (exact) mass is 891 g/mol. The molecule has 0 atom stereocenters. The topological polar surface area (TPSA) is 29.5 Å². The number of para-hydroxylation sites is 5. The van der Waals surface area contributed by atoms with Gasteiger partial charge >= 0.3 is 0 Å².